The average Bonchev–Trinajstić information content (AvgIpc) is 2.47. The van der Waals surface area contributed by atoms with Gasteiger partial charge in [-0.05, 0) is 31.2 Å². The third-order valence-corrected chi connectivity index (χ3v) is 4.46. The predicted molar refractivity (Wildman–Crippen MR) is 79.0 cm³/mol. The van der Waals surface area contributed by atoms with Crippen molar-refractivity contribution in [1.82, 2.24) is 5.32 Å². The minimum atomic E-state index is -4.15. The van der Waals surface area contributed by atoms with E-state index in [0.29, 0.717) is 5.92 Å². The Kier molecular flexibility index (Phi) is 5.68. The minimum absolute atomic E-state index is 0.123. The van der Waals surface area contributed by atoms with E-state index >= 15 is 0 Å². The van der Waals surface area contributed by atoms with Crippen LogP contribution in [0.15, 0.2) is 30.3 Å². The molecule has 0 saturated heterocycles. The highest BCUT2D eigenvalue weighted by Crippen LogP contribution is 2.32. The molecule has 1 nitrogen and oxygen atoms in total. The second-order valence-electron chi connectivity index (χ2n) is 6.14. The Hall–Kier alpha value is -1.03. The number of rotatable bonds is 5. The SMILES string of the molecule is C[C@H](NC(CC(F)(F)F)c1ccccc1)C1CCCCC1. The lowest BCUT2D eigenvalue weighted by atomic mass is 9.84. The van der Waals surface area contributed by atoms with Gasteiger partial charge in [-0.2, -0.15) is 13.2 Å². The highest BCUT2D eigenvalue weighted by atomic mass is 19.4. The van der Waals surface area contributed by atoms with Gasteiger partial charge in [0.15, 0.2) is 0 Å². The summed E-state index contributed by atoms with van der Waals surface area (Å²) < 4.78 is 38.5. The summed E-state index contributed by atoms with van der Waals surface area (Å²) >= 11 is 0. The predicted octanol–water partition coefficient (Wildman–Crippen LogP) is 5.24. The van der Waals surface area contributed by atoms with Gasteiger partial charge in [-0.1, -0.05) is 49.6 Å². The molecule has 0 radical (unpaired) electrons. The number of halogens is 3. The number of benzene rings is 1. The van der Waals surface area contributed by atoms with Crippen molar-refractivity contribution >= 4 is 0 Å². The first kappa shape index (κ1) is 16.3. The molecule has 2 rings (SSSR count). The van der Waals surface area contributed by atoms with Crippen LogP contribution in [0.25, 0.3) is 0 Å². The van der Waals surface area contributed by atoms with Gasteiger partial charge in [-0.3, -0.25) is 0 Å². The van der Waals surface area contributed by atoms with Gasteiger partial charge in [-0.15, -0.1) is 0 Å². The lowest BCUT2D eigenvalue weighted by molar-refractivity contribution is -0.141. The van der Waals surface area contributed by atoms with E-state index in [1.807, 2.05) is 13.0 Å². The van der Waals surface area contributed by atoms with E-state index in [4.69, 9.17) is 0 Å². The molecule has 118 valence electrons. The minimum Gasteiger partial charge on any atom is -0.307 e. The first-order valence-corrected chi connectivity index (χ1v) is 7.83. The Labute approximate surface area is 124 Å². The largest absolute Gasteiger partial charge is 0.390 e. The summed E-state index contributed by atoms with van der Waals surface area (Å²) in [5.41, 5.74) is 0.720. The fourth-order valence-corrected chi connectivity index (χ4v) is 3.28. The molecule has 0 spiro atoms. The van der Waals surface area contributed by atoms with Crippen LogP contribution in [0.1, 0.15) is 57.1 Å². The molecule has 1 aromatic rings. The van der Waals surface area contributed by atoms with Crippen LogP contribution in [0.2, 0.25) is 0 Å². The van der Waals surface area contributed by atoms with Crippen LogP contribution >= 0.6 is 0 Å². The maximum atomic E-state index is 12.8. The molecule has 0 heterocycles. The lowest BCUT2D eigenvalue weighted by Crippen LogP contribution is -2.39. The van der Waals surface area contributed by atoms with E-state index < -0.39 is 18.6 Å². The maximum absolute atomic E-state index is 12.8. The first-order valence-electron chi connectivity index (χ1n) is 7.83. The van der Waals surface area contributed by atoms with E-state index in [1.165, 1.54) is 19.3 Å². The fourth-order valence-electron chi connectivity index (χ4n) is 3.28. The van der Waals surface area contributed by atoms with Crippen LogP contribution in [-0.4, -0.2) is 12.2 Å². The molecule has 0 bridgehead atoms. The molecule has 21 heavy (non-hydrogen) atoms. The lowest BCUT2D eigenvalue weighted by Gasteiger charge is -2.32. The quantitative estimate of drug-likeness (QED) is 0.784. The Morgan fingerprint density at radius 1 is 1.10 bits per heavy atom. The molecule has 1 unspecified atom stereocenters. The summed E-state index contributed by atoms with van der Waals surface area (Å²) in [5.74, 6) is 0.498. The zero-order valence-corrected chi connectivity index (χ0v) is 12.5. The molecule has 1 aliphatic rings. The van der Waals surface area contributed by atoms with E-state index in [2.05, 4.69) is 5.32 Å². The molecule has 1 N–H and O–H groups in total. The normalized spacial score (nSPS) is 20.2. The van der Waals surface area contributed by atoms with Crippen LogP contribution in [0.5, 0.6) is 0 Å². The molecule has 0 aliphatic heterocycles. The summed E-state index contributed by atoms with van der Waals surface area (Å²) in [6.45, 7) is 2.03. The zero-order valence-electron chi connectivity index (χ0n) is 12.5. The van der Waals surface area contributed by atoms with Gasteiger partial charge in [0.1, 0.15) is 0 Å². The van der Waals surface area contributed by atoms with Crippen LogP contribution in [0.4, 0.5) is 13.2 Å². The van der Waals surface area contributed by atoms with Gasteiger partial charge in [0.25, 0.3) is 0 Å². The Morgan fingerprint density at radius 3 is 2.29 bits per heavy atom. The molecule has 0 aromatic heterocycles. The standard InChI is InChI=1S/C17H24F3N/c1-13(14-8-4-2-5-9-14)21-16(12-17(18,19)20)15-10-6-3-7-11-15/h3,6-7,10-11,13-14,16,21H,2,4-5,8-9,12H2,1H3/t13-,16?/m0/s1. The van der Waals surface area contributed by atoms with Crippen LogP contribution in [-0.2, 0) is 0 Å². The van der Waals surface area contributed by atoms with E-state index in [0.717, 1.165) is 18.4 Å². The number of alkyl halides is 3. The third kappa shape index (κ3) is 5.34. The smallest absolute Gasteiger partial charge is 0.307 e. The van der Waals surface area contributed by atoms with Gasteiger partial charge >= 0.3 is 6.18 Å². The van der Waals surface area contributed by atoms with Crippen molar-refractivity contribution in [2.24, 2.45) is 5.92 Å². The van der Waals surface area contributed by atoms with Crippen LogP contribution < -0.4 is 5.32 Å². The monoisotopic (exact) mass is 299 g/mol. The van der Waals surface area contributed by atoms with Gasteiger partial charge in [-0.25, -0.2) is 0 Å². The summed E-state index contributed by atoms with van der Waals surface area (Å²) in [6, 6.07) is 8.45. The van der Waals surface area contributed by atoms with Crippen LogP contribution in [0.3, 0.4) is 0 Å². The van der Waals surface area contributed by atoms with Crippen molar-refractivity contribution in [2.75, 3.05) is 0 Å². The van der Waals surface area contributed by atoms with E-state index in [9.17, 15) is 13.2 Å². The Morgan fingerprint density at radius 2 is 1.71 bits per heavy atom. The Balaban J connectivity index is 2.04. The highest BCUT2D eigenvalue weighted by Gasteiger charge is 2.34. The van der Waals surface area contributed by atoms with E-state index in [-0.39, 0.29) is 6.04 Å². The van der Waals surface area contributed by atoms with Crippen molar-refractivity contribution in [2.45, 2.75) is 63.7 Å². The molecule has 0 amide bonds. The molecule has 1 saturated carbocycles. The highest BCUT2D eigenvalue weighted by molar-refractivity contribution is 5.19. The molecular weight excluding hydrogens is 275 g/mol. The Bertz CT molecular complexity index is 410. The fraction of sp³-hybridized carbons (Fsp3) is 0.647. The molecule has 1 aromatic carbocycles. The second-order valence-corrected chi connectivity index (χ2v) is 6.14. The average molecular weight is 299 g/mol. The van der Waals surface area contributed by atoms with Crippen LogP contribution in [0, 0.1) is 5.92 Å². The number of hydrogen-bond acceptors (Lipinski definition) is 1. The summed E-state index contributed by atoms with van der Waals surface area (Å²) in [5, 5.41) is 3.24. The molecule has 1 fully saturated rings. The number of hydrogen-bond donors (Lipinski definition) is 1. The molecule has 2 atom stereocenters. The van der Waals surface area contributed by atoms with Crippen molar-refractivity contribution in [3.05, 3.63) is 35.9 Å². The van der Waals surface area contributed by atoms with Gasteiger partial charge in [0.05, 0.1) is 6.42 Å². The third-order valence-electron chi connectivity index (χ3n) is 4.46. The van der Waals surface area contributed by atoms with Crippen molar-refractivity contribution in [3.8, 4) is 0 Å². The van der Waals surface area contributed by atoms with E-state index in [1.54, 1.807) is 24.3 Å². The summed E-state index contributed by atoms with van der Waals surface area (Å²) in [4.78, 5) is 0. The first-order chi connectivity index (χ1) is 9.96. The van der Waals surface area contributed by atoms with Crippen molar-refractivity contribution in [3.63, 3.8) is 0 Å². The maximum Gasteiger partial charge on any atom is 0.390 e. The zero-order chi connectivity index (χ0) is 15.3. The van der Waals surface area contributed by atoms with Gasteiger partial charge < -0.3 is 5.32 Å². The van der Waals surface area contributed by atoms with Gasteiger partial charge in [0.2, 0.25) is 0 Å². The summed E-state index contributed by atoms with van der Waals surface area (Å²) in [7, 11) is 0. The van der Waals surface area contributed by atoms with Crippen molar-refractivity contribution < 1.29 is 13.2 Å². The topological polar surface area (TPSA) is 12.0 Å². The summed E-state index contributed by atoms with van der Waals surface area (Å²) in [6.07, 6.45) is 0.947. The molecular formula is C17H24F3N. The van der Waals surface area contributed by atoms with Gasteiger partial charge in [0, 0.05) is 12.1 Å². The molecule has 1 aliphatic carbocycles. The van der Waals surface area contributed by atoms with Crippen molar-refractivity contribution in [1.29, 1.82) is 0 Å². The second kappa shape index (κ2) is 7.30. The molecule has 4 heteroatoms. The number of nitrogens with one attached hydrogen (secondary N) is 1.